The molecule has 0 aliphatic carbocycles. The Morgan fingerprint density at radius 3 is 2.52 bits per heavy atom. The van der Waals surface area contributed by atoms with E-state index in [0.29, 0.717) is 25.1 Å². The molecule has 1 aliphatic heterocycles. The molecule has 0 N–H and O–H groups in total. The molecule has 1 atom stereocenters. The van der Waals surface area contributed by atoms with Crippen LogP contribution in [-0.4, -0.2) is 66.8 Å². The fraction of sp³-hybridized carbons (Fsp3) is 0.474. The second-order valence-electron chi connectivity index (χ2n) is 6.93. The summed E-state index contributed by atoms with van der Waals surface area (Å²) in [6.45, 7) is 4.65. The Bertz CT molecular complexity index is 919. The van der Waals surface area contributed by atoms with Gasteiger partial charge in [0, 0.05) is 31.0 Å². The van der Waals surface area contributed by atoms with E-state index in [-0.39, 0.29) is 23.5 Å². The van der Waals surface area contributed by atoms with Crippen molar-refractivity contribution in [3.05, 3.63) is 47.3 Å². The van der Waals surface area contributed by atoms with Gasteiger partial charge in [-0.2, -0.15) is 5.10 Å². The van der Waals surface area contributed by atoms with Gasteiger partial charge in [0.05, 0.1) is 29.5 Å². The Kier molecular flexibility index (Phi) is 5.67. The molecule has 0 saturated carbocycles. The Balaban J connectivity index is 1.82. The van der Waals surface area contributed by atoms with Crippen LogP contribution < -0.4 is 0 Å². The van der Waals surface area contributed by atoms with E-state index in [1.807, 2.05) is 36.7 Å². The quantitative estimate of drug-likeness (QED) is 0.750. The Hall–Kier alpha value is -2.19. The molecular formula is C19H25N3O4S. The number of sulfone groups is 1. The summed E-state index contributed by atoms with van der Waals surface area (Å²) in [4.78, 5) is 14.7. The zero-order chi connectivity index (χ0) is 19.6. The molecule has 1 aromatic carbocycles. The number of hydrogen-bond donors (Lipinski definition) is 0. The summed E-state index contributed by atoms with van der Waals surface area (Å²) in [7, 11) is -1.51. The summed E-state index contributed by atoms with van der Waals surface area (Å²) < 4.78 is 30.6. The molecule has 2 aromatic rings. The van der Waals surface area contributed by atoms with Gasteiger partial charge in [0.25, 0.3) is 5.91 Å². The van der Waals surface area contributed by atoms with Crippen LogP contribution in [0.2, 0.25) is 0 Å². The molecule has 146 valence electrons. The van der Waals surface area contributed by atoms with Gasteiger partial charge in [-0.3, -0.25) is 4.79 Å². The maximum absolute atomic E-state index is 13.0. The SMILES string of the molecule is COCCN(C(=O)c1ccc(-n2nc(C)cc2C)cc1)C1CCS(=O)(=O)C1. The third kappa shape index (κ3) is 4.39. The molecule has 0 radical (unpaired) electrons. The predicted molar refractivity (Wildman–Crippen MR) is 103 cm³/mol. The van der Waals surface area contributed by atoms with E-state index in [9.17, 15) is 13.2 Å². The summed E-state index contributed by atoms with van der Waals surface area (Å²) in [6.07, 6.45) is 0.474. The van der Waals surface area contributed by atoms with Crippen LogP contribution in [0.25, 0.3) is 5.69 Å². The van der Waals surface area contributed by atoms with Crippen molar-refractivity contribution in [2.75, 3.05) is 31.8 Å². The lowest BCUT2D eigenvalue weighted by Gasteiger charge is -2.28. The lowest BCUT2D eigenvalue weighted by atomic mass is 10.1. The number of rotatable bonds is 6. The van der Waals surface area contributed by atoms with Crippen LogP contribution in [0.5, 0.6) is 0 Å². The molecule has 1 amide bonds. The summed E-state index contributed by atoms with van der Waals surface area (Å²) in [6, 6.07) is 8.92. The zero-order valence-corrected chi connectivity index (χ0v) is 16.7. The molecule has 7 nitrogen and oxygen atoms in total. The monoisotopic (exact) mass is 391 g/mol. The lowest BCUT2D eigenvalue weighted by Crippen LogP contribution is -2.43. The van der Waals surface area contributed by atoms with Crippen molar-refractivity contribution in [3.63, 3.8) is 0 Å². The highest BCUT2D eigenvalue weighted by Gasteiger charge is 2.34. The van der Waals surface area contributed by atoms with Crippen molar-refractivity contribution in [2.45, 2.75) is 26.3 Å². The summed E-state index contributed by atoms with van der Waals surface area (Å²) in [5.41, 5.74) is 3.36. The highest BCUT2D eigenvalue weighted by atomic mass is 32.2. The maximum atomic E-state index is 13.0. The van der Waals surface area contributed by atoms with E-state index in [1.54, 1.807) is 24.1 Å². The van der Waals surface area contributed by atoms with Crippen LogP contribution in [0.15, 0.2) is 30.3 Å². The zero-order valence-electron chi connectivity index (χ0n) is 15.9. The molecule has 3 rings (SSSR count). The van der Waals surface area contributed by atoms with Crippen molar-refractivity contribution in [1.82, 2.24) is 14.7 Å². The number of methoxy groups -OCH3 is 1. The number of aryl methyl sites for hydroxylation is 2. The van der Waals surface area contributed by atoms with Crippen molar-refractivity contribution in [2.24, 2.45) is 0 Å². The average molecular weight is 391 g/mol. The van der Waals surface area contributed by atoms with Crippen LogP contribution in [-0.2, 0) is 14.6 Å². The van der Waals surface area contributed by atoms with Crippen molar-refractivity contribution < 1.29 is 17.9 Å². The highest BCUT2D eigenvalue weighted by molar-refractivity contribution is 7.91. The molecule has 1 saturated heterocycles. The molecule has 1 fully saturated rings. The number of aromatic nitrogens is 2. The summed E-state index contributed by atoms with van der Waals surface area (Å²) in [5.74, 6) is -0.0218. The lowest BCUT2D eigenvalue weighted by molar-refractivity contribution is 0.0624. The van der Waals surface area contributed by atoms with E-state index >= 15 is 0 Å². The van der Waals surface area contributed by atoms with Gasteiger partial charge in [-0.25, -0.2) is 13.1 Å². The highest BCUT2D eigenvalue weighted by Crippen LogP contribution is 2.21. The molecule has 1 unspecified atom stereocenters. The van der Waals surface area contributed by atoms with Crippen LogP contribution in [0.3, 0.4) is 0 Å². The fourth-order valence-electron chi connectivity index (χ4n) is 3.46. The minimum Gasteiger partial charge on any atom is -0.383 e. The van der Waals surface area contributed by atoms with Crippen molar-refractivity contribution in [1.29, 1.82) is 0 Å². The fourth-order valence-corrected chi connectivity index (χ4v) is 5.19. The van der Waals surface area contributed by atoms with E-state index in [2.05, 4.69) is 5.10 Å². The molecule has 1 aliphatic rings. The largest absolute Gasteiger partial charge is 0.383 e. The molecule has 1 aromatic heterocycles. The first-order valence-corrected chi connectivity index (χ1v) is 10.8. The van der Waals surface area contributed by atoms with Crippen LogP contribution in [0.1, 0.15) is 28.2 Å². The van der Waals surface area contributed by atoms with E-state index in [4.69, 9.17) is 4.74 Å². The Labute approximate surface area is 159 Å². The third-order valence-corrected chi connectivity index (χ3v) is 6.57. The Morgan fingerprint density at radius 2 is 2.00 bits per heavy atom. The molecular weight excluding hydrogens is 366 g/mol. The van der Waals surface area contributed by atoms with Gasteiger partial charge >= 0.3 is 0 Å². The first-order valence-electron chi connectivity index (χ1n) is 8.95. The smallest absolute Gasteiger partial charge is 0.254 e. The number of nitrogens with zero attached hydrogens (tertiary/aromatic N) is 3. The molecule has 2 heterocycles. The van der Waals surface area contributed by atoms with E-state index < -0.39 is 9.84 Å². The molecule has 27 heavy (non-hydrogen) atoms. The van der Waals surface area contributed by atoms with Crippen molar-refractivity contribution >= 4 is 15.7 Å². The molecule has 0 spiro atoms. The first-order chi connectivity index (χ1) is 12.8. The number of carbonyl (C=O) groups excluding carboxylic acids is 1. The second-order valence-corrected chi connectivity index (χ2v) is 9.16. The van der Waals surface area contributed by atoms with Gasteiger partial charge in [0.15, 0.2) is 9.84 Å². The second kappa shape index (κ2) is 7.82. The van der Waals surface area contributed by atoms with Gasteiger partial charge in [-0.05, 0) is 50.6 Å². The van der Waals surface area contributed by atoms with Gasteiger partial charge in [0.1, 0.15) is 0 Å². The van der Waals surface area contributed by atoms with Gasteiger partial charge in [-0.1, -0.05) is 0 Å². The third-order valence-electron chi connectivity index (χ3n) is 4.81. The van der Waals surface area contributed by atoms with Gasteiger partial charge in [0.2, 0.25) is 0 Å². The number of amides is 1. The van der Waals surface area contributed by atoms with Crippen LogP contribution in [0.4, 0.5) is 0 Å². The van der Waals surface area contributed by atoms with Crippen LogP contribution in [0, 0.1) is 13.8 Å². The first kappa shape index (κ1) is 19.6. The minimum absolute atomic E-state index is 0.0201. The molecule has 0 bridgehead atoms. The predicted octanol–water partition coefficient (Wildman–Crippen LogP) is 1.76. The average Bonchev–Trinajstić information content (AvgIpc) is 3.16. The van der Waals surface area contributed by atoms with E-state index in [0.717, 1.165) is 17.1 Å². The van der Waals surface area contributed by atoms with Crippen molar-refractivity contribution in [3.8, 4) is 5.69 Å². The number of benzene rings is 1. The van der Waals surface area contributed by atoms with Gasteiger partial charge in [-0.15, -0.1) is 0 Å². The van der Waals surface area contributed by atoms with Crippen LogP contribution >= 0.6 is 0 Å². The van der Waals surface area contributed by atoms with Gasteiger partial charge < -0.3 is 9.64 Å². The minimum atomic E-state index is -3.07. The standard InChI is InChI=1S/C19H25N3O4S/c1-14-12-15(2)22(20-14)17-6-4-16(5-7-17)19(23)21(9-10-26-3)18-8-11-27(24,25)13-18/h4-7,12,18H,8-11,13H2,1-3H3. The number of carbonyl (C=O) groups is 1. The summed E-state index contributed by atoms with van der Waals surface area (Å²) >= 11 is 0. The number of ether oxygens (including phenoxy) is 1. The Morgan fingerprint density at radius 1 is 1.30 bits per heavy atom. The van der Waals surface area contributed by atoms with E-state index in [1.165, 1.54) is 0 Å². The molecule has 8 heteroatoms. The summed E-state index contributed by atoms with van der Waals surface area (Å²) in [5, 5.41) is 4.45. The topological polar surface area (TPSA) is 81.5 Å². The number of hydrogen-bond acceptors (Lipinski definition) is 5. The normalized spacial score (nSPS) is 18.6. The maximum Gasteiger partial charge on any atom is 0.254 e.